The van der Waals surface area contributed by atoms with Gasteiger partial charge < -0.3 is 9.47 Å². The summed E-state index contributed by atoms with van der Waals surface area (Å²) in [6.07, 6.45) is 0. The van der Waals surface area contributed by atoms with Crippen LogP contribution in [0, 0.1) is 0 Å². The molecule has 0 saturated heterocycles. The van der Waals surface area contributed by atoms with E-state index in [2.05, 4.69) is 191 Å². The Bertz CT molecular complexity index is 3080. The van der Waals surface area contributed by atoms with Gasteiger partial charge in [0.15, 0.2) is 0 Å². The van der Waals surface area contributed by atoms with Crippen molar-refractivity contribution >= 4 is 103 Å². The molecule has 0 bridgehead atoms. The maximum atomic E-state index is 2.47. The monoisotopic (exact) mass is 666 g/mol. The van der Waals surface area contributed by atoms with Crippen LogP contribution in [0.5, 0.6) is 0 Å². The number of nitrogens with zero attached hydrogens (tertiary/aromatic N) is 2. The van der Waals surface area contributed by atoms with Gasteiger partial charge in [0.05, 0.1) is 22.4 Å². The molecule has 2 nitrogen and oxygen atoms in total. The van der Waals surface area contributed by atoms with E-state index in [4.69, 9.17) is 0 Å². The third-order valence-corrected chi connectivity index (χ3v) is 11.7. The van der Waals surface area contributed by atoms with Crippen LogP contribution in [0.4, 0.5) is 17.1 Å². The average Bonchev–Trinajstić information content (AvgIpc) is 3.73. The highest BCUT2D eigenvalue weighted by molar-refractivity contribution is 7.26. The second-order valence-corrected chi connectivity index (χ2v) is 14.4. The normalized spacial score (nSPS) is 11.9. The summed E-state index contributed by atoms with van der Waals surface area (Å²) in [5.41, 5.74) is 7.03. The number of benzene rings is 9. The molecular formula is C48H30N2S. The lowest BCUT2D eigenvalue weighted by Gasteiger charge is -2.28. The predicted molar refractivity (Wildman–Crippen MR) is 221 cm³/mol. The van der Waals surface area contributed by atoms with Crippen LogP contribution in [0.2, 0.25) is 0 Å². The number of rotatable bonds is 4. The topological polar surface area (TPSA) is 8.17 Å². The van der Waals surface area contributed by atoms with Gasteiger partial charge in [-0.25, -0.2) is 0 Å². The molecular weight excluding hydrogens is 637 g/mol. The molecule has 2 aromatic heterocycles. The quantitative estimate of drug-likeness (QED) is 0.181. The zero-order valence-electron chi connectivity index (χ0n) is 27.6. The molecule has 0 saturated carbocycles. The molecule has 0 fully saturated rings. The molecule has 0 aliphatic rings. The zero-order valence-corrected chi connectivity index (χ0v) is 28.4. The molecule has 11 rings (SSSR count). The van der Waals surface area contributed by atoms with E-state index in [0.717, 1.165) is 17.1 Å². The first-order valence-corrected chi connectivity index (χ1v) is 18.3. The summed E-state index contributed by atoms with van der Waals surface area (Å²) in [7, 11) is 0. The Kier molecular flexibility index (Phi) is 6.16. The SMILES string of the molecule is c1ccc2cc(-n3c4ccc(N(c5cccc6ccccc56)c5cccc6ccccc56)cc4c4c5c(ccc43)sc3ccccc35)ccc2c1. The fraction of sp³-hybridized carbons (Fsp3) is 0. The summed E-state index contributed by atoms with van der Waals surface area (Å²) in [5, 5.41) is 12.6. The van der Waals surface area contributed by atoms with E-state index in [1.807, 2.05) is 11.3 Å². The minimum atomic E-state index is 1.13. The zero-order chi connectivity index (χ0) is 33.5. The van der Waals surface area contributed by atoms with Crippen molar-refractivity contribution < 1.29 is 0 Å². The van der Waals surface area contributed by atoms with Crippen molar-refractivity contribution in [3.63, 3.8) is 0 Å². The van der Waals surface area contributed by atoms with Crippen LogP contribution in [0.3, 0.4) is 0 Å². The smallest absolute Gasteiger partial charge is 0.0548 e. The maximum absolute atomic E-state index is 2.47. The van der Waals surface area contributed by atoms with E-state index in [9.17, 15) is 0 Å². The van der Waals surface area contributed by atoms with Crippen LogP contribution < -0.4 is 4.90 Å². The van der Waals surface area contributed by atoms with Gasteiger partial charge in [-0.15, -0.1) is 11.3 Å². The third-order valence-electron chi connectivity index (χ3n) is 10.5. The van der Waals surface area contributed by atoms with Crippen LogP contribution in [0.15, 0.2) is 182 Å². The summed E-state index contributed by atoms with van der Waals surface area (Å²) >= 11 is 1.88. The average molecular weight is 667 g/mol. The number of anilines is 3. The van der Waals surface area contributed by atoms with E-state index in [0.29, 0.717) is 0 Å². The molecule has 0 atom stereocenters. The molecule has 0 aliphatic heterocycles. The van der Waals surface area contributed by atoms with Crippen LogP contribution in [0.25, 0.3) is 80.0 Å². The highest BCUT2D eigenvalue weighted by atomic mass is 32.1. The van der Waals surface area contributed by atoms with Crippen molar-refractivity contribution in [1.29, 1.82) is 0 Å². The van der Waals surface area contributed by atoms with Crippen LogP contribution in [-0.2, 0) is 0 Å². The van der Waals surface area contributed by atoms with Crippen molar-refractivity contribution in [3.8, 4) is 5.69 Å². The molecule has 0 unspecified atom stereocenters. The van der Waals surface area contributed by atoms with Gasteiger partial charge in [-0.1, -0.05) is 121 Å². The van der Waals surface area contributed by atoms with Gasteiger partial charge in [0.1, 0.15) is 0 Å². The molecule has 0 N–H and O–H groups in total. The van der Waals surface area contributed by atoms with E-state index in [1.54, 1.807) is 0 Å². The molecule has 0 spiro atoms. The first kappa shape index (κ1) is 28.4. The third kappa shape index (κ3) is 4.29. The lowest BCUT2D eigenvalue weighted by molar-refractivity contribution is 1.19. The fourth-order valence-corrected chi connectivity index (χ4v) is 9.38. The van der Waals surface area contributed by atoms with Crippen LogP contribution >= 0.6 is 11.3 Å². The molecule has 3 heteroatoms. The maximum Gasteiger partial charge on any atom is 0.0548 e. The predicted octanol–water partition coefficient (Wildman–Crippen LogP) is 14.1. The first-order chi connectivity index (χ1) is 25.3. The lowest BCUT2D eigenvalue weighted by atomic mass is 10.0. The van der Waals surface area contributed by atoms with Crippen molar-refractivity contribution in [1.82, 2.24) is 4.57 Å². The highest BCUT2D eigenvalue weighted by Gasteiger charge is 2.22. The first-order valence-electron chi connectivity index (χ1n) is 17.4. The van der Waals surface area contributed by atoms with E-state index in [-0.39, 0.29) is 0 Å². The van der Waals surface area contributed by atoms with E-state index in [1.165, 1.54) is 80.0 Å². The fourth-order valence-electron chi connectivity index (χ4n) is 8.26. The largest absolute Gasteiger partial charge is 0.309 e. The van der Waals surface area contributed by atoms with Gasteiger partial charge >= 0.3 is 0 Å². The van der Waals surface area contributed by atoms with Crippen LogP contribution in [-0.4, -0.2) is 4.57 Å². The Labute approximate surface area is 298 Å². The van der Waals surface area contributed by atoms with Gasteiger partial charge in [-0.2, -0.15) is 0 Å². The van der Waals surface area contributed by atoms with Crippen LogP contribution in [0.1, 0.15) is 0 Å². The standard InChI is InChI=1S/C48H30N2S/c1-2-14-34-29-35(24-23-31(34)11-1)50-43-26-25-36(30-40(43)47-44(50)27-28-46-48(47)39-19-7-8-22-45(39)51-46)49(41-20-9-15-32-12-3-5-17-37(32)41)42-21-10-16-33-13-4-6-18-38(33)42/h1-30H. The summed E-state index contributed by atoms with van der Waals surface area (Å²) in [5.74, 6) is 0. The molecule has 11 aromatic rings. The summed E-state index contributed by atoms with van der Waals surface area (Å²) in [6.45, 7) is 0. The number of hydrogen-bond acceptors (Lipinski definition) is 2. The van der Waals surface area contributed by atoms with E-state index >= 15 is 0 Å². The molecule has 0 radical (unpaired) electrons. The summed E-state index contributed by atoms with van der Waals surface area (Å²) in [6, 6.07) is 66.8. The van der Waals surface area contributed by atoms with Gasteiger partial charge in [0, 0.05) is 53.1 Å². The van der Waals surface area contributed by atoms with Gasteiger partial charge in [-0.3, -0.25) is 0 Å². The Morgan fingerprint density at radius 1 is 0.373 bits per heavy atom. The summed E-state index contributed by atoms with van der Waals surface area (Å²) in [4.78, 5) is 2.47. The minimum Gasteiger partial charge on any atom is -0.309 e. The second-order valence-electron chi connectivity index (χ2n) is 13.3. The van der Waals surface area contributed by atoms with Gasteiger partial charge in [-0.05, 0) is 82.2 Å². The lowest BCUT2D eigenvalue weighted by Crippen LogP contribution is -2.11. The van der Waals surface area contributed by atoms with E-state index < -0.39 is 0 Å². The number of hydrogen-bond donors (Lipinski definition) is 0. The van der Waals surface area contributed by atoms with Crippen molar-refractivity contribution in [2.45, 2.75) is 0 Å². The molecule has 51 heavy (non-hydrogen) atoms. The number of thiophene rings is 1. The highest BCUT2D eigenvalue weighted by Crippen LogP contribution is 2.47. The molecule has 9 aromatic carbocycles. The number of aromatic nitrogens is 1. The Morgan fingerprint density at radius 3 is 1.73 bits per heavy atom. The summed E-state index contributed by atoms with van der Waals surface area (Å²) < 4.78 is 5.09. The molecule has 0 aliphatic carbocycles. The van der Waals surface area contributed by atoms with Crippen molar-refractivity contribution in [3.05, 3.63) is 182 Å². The van der Waals surface area contributed by atoms with Crippen molar-refractivity contribution in [2.75, 3.05) is 4.90 Å². The van der Waals surface area contributed by atoms with Crippen molar-refractivity contribution in [2.24, 2.45) is 0 Å². The van der Waals surface area contributed by atoms with Gasteiger partial charge in [0.25, 0.3) is 0 Å². The molecule has 238 valence electrons. The Balaban J connectivity index is 1.27. The molecule has 0 amide bonds. The van der Waals surface area contributed by atoms with Gasteiger partial charge in [0.2, 0.25) is 0 Å². The minimum absolute atomic E-state index is 1.13. The Morgan fingerprint density at radius 2 is 0.980 bits per heavy atom. The second kappa shape index (κ2) is 11.0. The molecule has 2 heterocycles. The number of fused-ring (bicyclic) bond motifs is 10. The Hall–Kier alpha value is -6.42.